The van der Waals surface area contributed by atoms with Gasteiger partial charge >= 0.3 is 12.6 Å². The molecule has 0 bridgehead atoms. The van der Waals surface area contributed by atoms with Crippen molar-refractivity contribution in [2.45, 2.75) is 38.5 Å². The fourth-order valence-corrected chi connectivity index (χ4v) is 5.35. The highest BCUT2D eigenvalue weighted by molar-refractivity contribution is 7.13. The molecule has 1 atom stereocenters. The van der Waals surface area contributed by atoms with Gasteiger partial charge in [-0.25, -0.2) is 4.79 Å². The minimum absolute atomic E-state index is 0.0986. The van der Waals surface area contributed by atoms with E-state index in [1.54, 1.807) is 30.6 Å². The molecule has 0 aliphatic heterocycles. The molecule has 0 unspecified atom stereocenters. The van der Waals surface area contributed by atoms with Crippen molar-refractivity contribution in [3.8, 4) is 11.5 Å². The van der Waals surface area contributed by atoms with Crippen molar-refractivity contribution in [3.05, 3.63) is 98.2 Å². The Bertz CT molecular complexity index is 1470. The Hall–Kier alpha value is -3.47. The number of hydrogen-bond acceptors (Lipinski definition) is 8. The molecule has 0 spiro atoms. The number of aromatic nitrogens is 2. The van der Waals surface area contributed by atoms with Crippen LogP contribution in [0, 0.1) is 5.92 Å². The molecular weight excluding hydrogens is 595 g/mol. The minimum atomic E-state index is -3.02. The molecule has 3 heterocycles. The van der Waals surface area contributed by atoms with Crippen LogP contribution in [0.3, 0.4) is 0 Å². The van der Waals surface area contributed by atoms with Crippen LogP contribution >= 0.6 is 34.5 Å². The molecule has 1 aliphatic rings. The number of carbonyl (C=O) groups excluding carboxylic acids is 1. The molecule has 0 saturated heterocycles. The van der Waals surface area contributed by atoms with Gasteiger partial charge in [-0.1, -0.05) is 29.3 Å². The number of hydrogen-bond donors (Lipinski definition) is 1. The van der Waals surface area contributed by atoms with Crippen LogP contribution in [0.4, 0.5) is 14.5 Å². The van der Waals surface area contributed by atoms with Gasteiger partial charge in [0.2, 0.25) is 0 Å². The van der Waals surface area contributed by atoms with Crippen molar-refractivity contribution in [3.63, 3.8) is 0 Å². The Morgan fingerprint density at radius 1 is 1.05 bits per heavy atom. The van der Waals surface area contributed by atoms with E-state index in [2.05, 4.69) is 20.0 Å². The lowest BCUT2D eigenvalue weighted by molar-refractivity contribution is -0.0515. The summed E-state index contributed by atoms with van der Waals surface area (Å²) >= 11 is 14.1. The molecule has 0 radical (unpaired) electrons. The SMILES string of the molecule is O=C(O[C@@H](Cc1c(Cl)cncc1Cl)c1ccc(OC(F)F)c(OCC2CC2)c1)c1ccc(CNc2cccnc2)s1. The zero-order valence-corrected chi connectivity index (χ0v) is 23.9. The predicted octanol–water partition coefficient (Wildman–Crippen LogP) is 7.99. The van der Waals surface area contributed by atoms with Crippen LogP contribution in [0.2, 0.25) is 10.0 Å². The zero-order chi connectivity index (χ0) is 28.8. The summed E-state index contributed by atoms with van der Waals surface area (Å²) in [5.41, 5.74) is 1.89. The van der Waals surface area contributed by atoms with Gasteiger partial charge in [0.1, 0.15) is 11.0 Å². The molecule has 41 heavy (non-hydrogen) atoms. The molecule has 0 amide bonds. The van der Waals surface area contributed by atoms with Gasteiger partial charge in [0.25, 0.3) is 0 Å². The molecule has 1 aliphatic carbocycles. The Balaban J connectivity index is 1.38. The van der Waals surface area contributed by atoms with Crippen molar-refractivity contribution in [2.75, 3.05) is 11.9 Å². The lowest BCUT2D eigenvalue weighted by atomic mass is 10.0. The van der Waals surface area contributed by atoms with Gasteiger partial charge < -0.3 is 19.5 Å². The summed E-state index contributed by atoms with van der Waals surface area (Å²) in [6.45, 7) is -2.14. The first-order chi connectivity index (χ1) is 19.9. The van der Waals surface area contributed by atoms with E-state index in [9.17, 15) is 13.6 Å². The molecule has 3 aromatic heterocycles. The van der Waals surface area contributed by atoms with E-state index in [0.29, 0.717) is 45.1 Å². The molecular formula is C29H25Cl2F2N3O4S. The average molecular weight is 621 g/mol. The van der Waals surface area contributed by atoms with Crippen LogP contribution in [0.5, 0.6) is 11.5 Å². The fraction of sp³-hybridized carbons (Fsp3) is 0.276. The van der Waals surface area contributed by atoms with Gasteiger partial charge in [-0.15, -0.1) is 11.3 Å². The first kappa shape index (κ1) is 29.0. The molecule has 4 aromatic rings. The van der Waals surface area contributed by atoms with Crippen LogP contribution < -0.4 is 14.8 Å². The normalized spacial score (nSPS) is 13.6. The van der Waals surface area contributed by atoms with Crippen LogP contribution in [-0.2, 0) is 17.7 Å². The number of ether oxygens (including phenoxy) is 3. The van der Waals surface area contributed by atoms with Crippen LogP contribution in [0.1, 0.15) is 44.6 Å². The summed E-state index contributed by atoms with van der Waals surface area (Å²) in [5.74, 6) is -0.134. The van der Waals surface area contributed by atoms with E-state index in [1.165, 1.54) is 29.8 Å². The fourth-order valence-electron chi connectivity index (χ4n) is 4.00. The number of halogens is 4. The molecule has 7 nitrogen and oxygen atoms in total. The van der Waals surface area contributed by atoms with Gasteiger partial charge in [-0.05, 0) is 66.3 Å². The third-order valence-corrected chi connectivity index (χ3v) is 8.03. The number of alkyl halides is 2. The monoisotopic (exact) mass is 619 g/mol. The van der Waals surface area contributed by atoms with Crippen molar-refractivity contribution in [1.29, 1.82) is 0 Å². The van der Waals surface area contributed by atoms with Crippen molar-refractivity contribution >= 4 is 46.2 Å². The Morgan fingerprint density at radius 3 is 2.56 bits per heavy atom. The van der Waals surface area contributed by atoms with Gasteiger partial charge in [-0.3, -0.25) is 9.97 Å². The van der Waals surface area contributed by atoms with Gasteiger partial charge in [0, 0.05) is 42.6 Å². The van der Waals surface area contributed by atoms with E-state index < -0.39 is 18.7 Å². The van der Waals surface area contributed by atoms with Gasteiger partial charge in [-0.2, -0.15) is 8.78 Å². The lowest BCUT2D eigenvalue weighted by Gasteiger charge is -2.21. The van der Waals surface area contributed by atoms with Crippen molar-refractivity contribution in [1.82, 2.24) is 9.97 Å². The Labute approximate surface area is 249 Å². The number of nitrogens with zero attached hydrogens (tertiary/aromatic N) is 2. The molecule has 1 saturated carbocycles. The standard InChI is InChI=1S/C29H25Cl2F2N3O4S/c30-22-14-35-15-23(31)21(22)11-25(18-5-7-24(40-29(32)33)26(10-18)38-16-17-3-4-17)39-28(37)27-8-6-20(41-27)13-36-19-2-1-9-34-12-19/h1-2,5-10,12,14-15,17,25,29,36H,3-4,11,13,16H2/t25-/m0/s1. The minimum Gasteiger partial charge on any atom is -0.489 e. The summed E-state index contributed by atoms with van der Waals surface area (Å²) in [6.07, 6.45) is 7.58. The van der Waals surface area contributed by atoms with Crippen molar-refractivity contribution < 1.29 is 27.8 Å². The van der Waals surface area contributed by atoms with Crippen LogP contribution in [0.15, 0.2) is 67.3 Å². The second-order valence-electron chi connectivity index (χ2n) is 9.38. The number of anilines is 1. The van der Waals surface area contributed by atoms with E-state index in [4.69, 9.17) is 32.7 Å². The largest absolute Gasteiger partial charge is 0.489 e. The second kappa shape index (κ2) is 13.5. The summed E-state index contributed by atoms with van der Waals surface area (Å²) in [7, 11) is 0. The number of benzene rings is 1. The maximum Gasteiger partial charge on any atom is 0.387 e. The maximum atomic E-state index is 13.3. The molecule has 1 aromatic carbocycles. The topological polar surface area (TPSA) is 82.6 Å². The summed E-state index contributed by atoms with van der Waals surface area (Å²) in [4.78, 5) is 22.7. The highest BCUT2D eigenvalue weighted by Crippen LogP contribution is 2.38. The summed E-state index contributed by atoms with van der Waals surface area (Å²) in [5, 5.41) is 3.87. The van der Waals surface area contributed by atoms with Crippen LogP contribution in [-0.4, -0.2) is 29.2 Å². The molecule has 214 valence electrons. The number of nitrogens with one attached hydrogen (secondary N) is 1. The Kier molecular flexibility index (Phi) is 9.53. The van der Waals surface area contributed by atoms with E-state index in [1.807, 2.05) is 18.2 Å². The number of esters is 1. The highest BCUT2D eigenvalue weighted by atomic mass is 35.5. The maximum absolute atomic E-state index is 13.3. The third-order valence-electron chi connectivity index (χ3n) is 6.31. The van der Waals surface area contributed by atoms with Gasteiger partial charge in [0.05, 0.1) is 22.3 Å². The van der Waals surface area contributed by atoms with E-state index in [0.717, 1.165) is 23.4 Å². The Morgan fingerprint density at radius 2 is 1.85 bits per heavy atom. The zero-order valence-electron chi connectivity index (χ0n) is 21.6. The number of rotatable bonds is 13. The van der Waals surface area contributed by atoms with Gasteiger partial charge in [0.15, 0.2) is 11.5 Å². The number of pyridine rings is 2. The van der Waals surface area contributed by atoms with E-state index >= 15 is 0 Å². The smallest absolute Gasteiger partial charge is 0.387 e. The summed E-state index contributed by atoms with van der Waals surface area (Å²) < 4.78 is 42.6. The first-order valence-corrected chi connectivity index (χ1v) is 14.4. The molecule has 12 heteroatoms. The summed E-state index contributed by atoms with van der Waals surface area (Å²) in [6, 6.07) is 11.8. The molecule has 1 fully saturated rings. The third kappa shape index (κ3) is 8.06. The van der Waals surface area contributed by atoms with Crippen molar-refractivity contribution in [2.24, 2.45) is 5.92 Å². The highest BCUT2D eigenvalue weighted by Gasteiger charge is 2.26. The number of thiophene rings is 1. The second-order valence-corrected chi connectivity index (χ2v) is 11.4. The van der Waals surface area contributed by atoms with Crippen LogP contribution in [0.25, 0.3) is 0 Å². The molecule has 1 N–H and O–H groups in total. The average Bonchev–Trinajstić information content (AvgIpc) is 3.67. The first-order valence-electron chi connectivity index (χ1n) is 12.8. The van der Waals surface area contributed by atoms with E-state index in [-0.39, 0.29) is 17.9 Å². The lowest BCUT2D eigenvalue weighted by Crippen LogP contribution is -2.15. The molecule has 5 rings (SSSR count). The number of carbonyl (C=O) groups is 1. The quantitative estimate of drug-likeness (QED) is 0.152. The predicted molar refractivity (Wildman–Crippen MR) is 153 cm³/mol.